The van der Waals surface area contributed by atoms with Gasteiger partial charge in [-0.05, 0) is 23.3 Å². The molecular weight excluding hydrogens is 398 g/mol. The number of aliphatic hydroxyl groups excluding tert-OH is 1. The van der Waals surface area contributed by atoms with Crippen molar-refractivity contribution in [3.63, 3.8) is 0 Å². The van der Waals surface area contributed by atoms with E-state index in [9.17, 15) is 5.11 Å². The summed E-state index contributed by atoms with van der Waals surface area (Å²) in [4.78, 5) is 17.5. The molecule has 0 bridgehead atoms. The van der Waals surface area contributed by atoms with Crippen LogP contribution in [-0.2, 0) is 17.8 Å². The number of pyridine rings is 1. The molecule has 2 aliphatic rings. The first-order chi connectivity index (χ1) is 14.7. The summed E-state index contributed by atoms with van der Waals surface area (Å²) in [6.45, 7) is 3.07. The summed E-state index contributed by atoms with van der Waals surface area (Å²) in [5.74, 6) is 2.13. The van der Waals surface area contributed by atoms with Gasteiger partial charge in [0.2, 0.25) is 0 Å². The van der Waals surface area contributed by atoms with Crippen molar-refractivity contribution in [1.82, 2.24) is 15.0 Å². The van der Waals surface area contributed by atoms with Crippen LogP contribution in [0.2, 0.25) is 0 Å². The molecule has 154 valence electrons. The SMILES string of the molecule is Nc1ccc(-c2nc3c(c(N4CCOCC4)n2)SC(c2cccc(CO)c2)C3)cn1. The molecule has 0 amide bonds. The Hall–Kier alpha value is -2.68. The van der Waals surface area contributed by atoms with Crippen LogP contribution in [-0.4, -0.2) is 46.4 Å². The first-order valence-corrected chi connectivity index (χ1v) is 10.9. The molecule has 8 heteroatoms. The van der Waals surface area contributed by atoms with Crippen molar-refractivity contribution >= 4 is 23.4 Å². The molecule has 0 spiro atoms. The highest BCUT2D eigenvalue weighted by Crippen LogP contribution is 2.50. The summed E-state index contributed by atoms with van der Waals surface area (Å²) in [6, 6.07) is 11.8. The van der Waals surface area contributed by atoms with Crippen molar-refractivity contribution in [3.05, 3.63) is 59.4 Å². The molecule has 2 aromatic heterocycles. The lowest BCUT2D eigenvalue weighted by Crippen LogP contribution is -2.37. The van der Waals surface area contributed by atoms with E-state index in [0.29, 0.717) is 24.9 Å². The second kappa shape index (κ2) is 8.22. The van der Waals surface area contributed by atoms with Gasteiger partial charge in [-0.1, -0.05) is 24.3 Å². The van der Waals surface area contributed by atoms with Crippen LogP contribution in [0.4, 0.5) is 11.6 Å². The molecule has 3 N–H and O–H groups in total. The molecule has 1 saturated heterocycles. The molecule has 1 fully saturated rings. The smallest absolute Gasteiger partial charge is 0.163 e. The molecule has 3 aromatic rings. The molecule has 5 rings (SSSR count). The fourth-order valence-corrected chi connectivity index (χ4v) is 5.19. The summed E-state index contributed by atoms with van der Waals surface area (Å²) in [5.41, 5.74) is 9.80. The van der Waals surface area contributed by atoms with Gasteiger partial charge in [-0.25, -0.2) is 15.0 Å². The normalized spacial score (nSPS) is 18.4. The molecule has 4 heterocycles. The number of anilines is 2. The van der Waals surface area contributed by atoms with Crippen molar-refractivity contribution in [2.75, 3.05) is 36.9 Å². The first-order valence-electron chi connectivity index (χ1n) is 10.0. The van der Waals surface area contributed by atoms with Crippen LogP contribution in [0.1, 0.15) is 22.1 Å². The van der Waals surface area contributed by atoms with E-state index in [2.05, 4.69) is 22.0 Å². The summed E-state index contributed by atoms with van der Waals surface area (Å²) in [6.07, 6.45) is 2.55. The Balaban J connectivity index is 1.55. The number of rotatable bonds is 4. The van der Waals surface area contributed by atoms with Gasteiger partial charge < -0.3 is 20.5 Å². The number of hydrogen-bond donors (Lipinski definition) is 2. The second-order valence-corrected chi connectivity index (χ2v) is 8.64. The predicted octanol–water partition coefficient (Wildman–Crippen LogP) is 2.84. The highest BCUT2D eigenvalue weighted by Gasteiger charge is 2.31. The van der Waals surface area contributed by atoms with Gasteiger partial charge in [0.05, 0.1) is 30.4 Å². The van der Waals surface area contributed by atoms with Crippen molar-refractivity contribution in [1.29, 1.82) is 0 Å². The highest BCUT2D eigenvalue weighted by molar-refractivity contribution is 8.00. The number of fused-ring (bicyclic) bond motifs is 1. The maximum atomic E-state index is 9.51. The lowest BCUT2D eigenvalue weighted by Gasteiger charge is -2.29. The molecule has 1 atom stereocenters. The third-order valence-corrected chi connectivity index (χ3v) is 6.79. The van der Waals surface area contributed by atoms with E-state index >= 15 is 0 Å². The van der Waals surface area contributed by atoms with Gasteiger partial charge in [-0.2, -0.15) is 0 Å². The van der Waals surface area contributed by atoms with Crippen LogP contribution >= 0.6 is 11.8 Å². The summed E-state index contributed by atoms with van der Waals surface area (Å²) in [5, 5.41) is 9.76. The number of nitrogens with two attached hydrogens (primary N) is 1. The van der Waals surface area contributed by atoms with Gasteiger partial charge >= 0.3 is 0 Å². The van der Waals surface area contributed by atoms with Crippen molar-refractivity contribution in [2.45, 2.75) is 23.2 Å². The first kappa shape index (κ1) is 19.3. The fourth-order valence-electron chi connectivity index (χ4n) is 3.84. The average Bonchev–Trinajstić information content (AvgIpc) is 3.24. The molecule has 0 saturated carbocycles. The van der Waals surface area contributed by atoms with Crippen LogP contribution in [0.3, 0.4) is 0 Å². The predicted molar refractivity (Wildman–Crippen MR) is 117 cm³/mol. The Morgan fingerprint density at radius 3 is 2.80 bits per heavy atom. The van der Waals surface area contributed by atoms with E-state index < -0.39 is 0 Å². The van der Waals surface area contributed by atoms with Crippen molar-refractivity contribution < 1.29 is 9.84 Å². The molecule has 1 aromatic carbocycles. The molecule has 7 nitrogen and oxygen atoms in total. The maximum absolute atomic E-state index is 9.51. The number of nitrogen functional groups attached to an aromatic ring is 1. The molecule has 1 unspecified atom stereocenters. The largest absolute Gasteiger partial charge is 0.392 e. The topological polar surface area (TPSA) is 97.4 Å². The number of aliphatic hydroxyl groups is 1. The Morgan fingerprint density at radius 1 is 1.17 bits per heavy atom. The third kappa shape index (κ3) is 3.74. The minimum atomic E-state index is 0.0469. The van der Waals surface area contributed by atoms with Crippen LogP contribution in [0.25, 0.3) is 11.4 Å². The lowest BCUT2D eigenvalue weighted by molar-refractivity contribution is 0.122. The number of hydrogen-bond acceptors (Lipinski definition) is 8. The van der Waals surface area contributed by atoms with Gasteiger partial charge in [0.15, 0.2) is 5.82 Å². The van der Waals surface area contributed by atoms with E-state index in [4.69, 9.17) is 20.4 Å². The fraction of sp³-hybridized carbons (Fsp3) is 0.318. The number of ether oxygens (including phenoxy) is 1. The summed E-state index contributed by atoms with van der Waals surface area (Å²) < 4.78 is 5.55. The molecule has 30 heavy (non-hydrogen) atoms. The van der Waals surface area contributed by atoms with E-state index in [1.807, 2.05) is 30.0 Å². The van der Waals surface area contributed by atoms with Gasteiger partial charge in [-0.3, -0.25) is 0 Å². The van der Waals surface area contributed by atoms with Crippen LogP contribution < -0.4 is 10.6 Å². The highest BCUT2D eigenvalue weighted by atomic mass is 32.2. The quantitative estimate of drug-likeness (QED) is 0.664. The molecular formula is C22H23N5O2S. The minimum Gasteiger partial charge on any atom is -0.392 e. The van der Waals surface area contributed by atoms with Gasteiger partial charge in [0.25, 0.3) is 0 Å². The van der Waals surface area contributed by atoms with Crippen LogP contribution in [0, 0.1) is 0 Å². The Labute approximate surface area is 179 Å². The zero-order valence-electron chi connectivity index (χ0n) is 16.5. The number of nitrogens with zero attached hydrogens (tertiary/aromatic N) is 4. The van der Waals surface area contributed by atoms with E-state index in [0.717, 1.165) is 47.0 Å². The minimum absolute atomic E-state index is 0.0469. The van der Waals surface area contributed by atoms with E-state index in [1.54, 1.807) is 12.3 Å². The second-order valence-electron chi connectivity index (χ2n) is 7.43. The number of aromatic nitrogens is 3. The maximum Gasteiger partial charge on any atom is 0.163 e. The van der Waals surface area contributed by atoms with Crippen LogP contribution in [0.5, 0.6) is 0 Å². The standard InChI is InChI=1S/C22H23N5O2S/c23-19-5-4-16(12-24-19)21-25-17-11-18(15-3-1-2-14(10-15)13-28)30-20(17)22(26-21)27-6-8-29-9-7-27/h1-5,10,12,18,28H,6-9,11,13H2,(H2,23,24). The Bertz CT molecular complexity index is 1050. The summed E-state index contributed by atoms with van der Waals surface area (Å²) in [7, 11) is 0. The van der Waals surface area contributed by atoms with Gasteiger partial charge in [0.1, 0.15) is 11.6 Å². The van der Waals surface area contributed by atoms with E-state index in [1.165, 1.54) is 5.56 Å². The van der Waals surface area contributed by atoms with Gasteiger partial charge in [-0.15, -0.1) is 11.8 Å². The molecule has 0 aliphatic carbocycles. The monoisotopic (exact) mass is 421 g/mol. The molecule has 2 aliphatic heterocycles. The Morgan fingerprint density at radius 2 is 2.03 bits per heavy atom. The number of morpholine rings is 1. The number of thioether (sulfide) groups is 1. The zero-order chi connectivity index (χ0) is 20.5. The van der Waals surface area contributed by atoms with Crippen molar-refractivity contribution in [2.24, 2.45) is 0 Å². The zero-order valence-corrected chi connectivity index (χ0v) is 17.3. The van der Waals surface area contributed by atoms with Gasteiger partial charge in [0, 0.05) is 36.5 Å². The number of benzene rings is 1. The Kier molecular flexibility index (Phi) is 5.28. The lowest BCUT2D eigenvalue weighted by atomic mass is 10.0. The van der Waals surface area contributed by atoms with E-state index in [-0.39, 0.29) is 11.9 Å². The third-order valence-electron chi connectivity index (χ3n) is 5.42. The van der Waals surface area contributed by atoms with Crippen molar-refractivity contribution in [3.8, 4) is 11.4 Å². The molecule has 0 radical (unpaired) electrons. The van der Waals surface area contributed by atoms with Crippen LogP contribution in [0.15, 0.2) is 47.5 Å². The average molecular weight is 422 g/mol. The summed E-state index contributed by atoms with van der Waals surface area (Å²) >= 11 is 1.81.